The molecule has 1 saturated heterocycles. The van der Waals surface area contributed by atoms with E-state index in [1.807, 2.05) is 0 Å². The van der Waals surface area contributed by atoms with E-state index in [-0.39, 0.29) is 0 Å². The van der Waals surface area contributed by atoms with Crippen molar-refractivity contribution in [2.45, 2.75) is 30.9 Å². The lowest BCUT2D eigenvalue weighted by molar-refractivity contribution is -0.248. The van der Waals surface area contributed by atoms with Gasteiger partial charge in [0.25, 0.3) is 5.67 Å². The minimum absolute atomic E-state index is 0.703. The lowest BCUT2D eigenvalue weighted by atomic mass is 9.93. The number of ether oxygens (including phenoxy) is 1. The van der Waals surface area contributed by atoms with E-state index in [1.165, 1.54) is 6.92 Å². The van der Waals surface area contributed by atoms with Gasteiger partial charge in [-0.15, -0.1) is 0 Å². The van der Waals surface area contributed by atoms with E-state index in [0.717, 1.165) is 0 Å². The number of carboxylic acids is 2. The summed E-state index contributed by atoms with van der Waals surface area (Å²) in [5.74, 6) is -7.41. The van der Waals surface area contributed by atoms with Crippen molar-refractivity contribution in [2.75, 3.05) is 0 Å². The maximum absolute atomic E-state index is 13.6. The van der Waals surface area contributed by atoms with Gasteiger partial charge in [-0.3, -0.25) is 0 Å². The molecule has 14 heavy (non-hydrogen) atoms. The molecule has 0 aromatic heterocycles. The Morgan fingerprint density at radius 2 is 1.93 bits per heavy atom. The molecule has 0 saturated carbocycles. The molecule has 0 spiro atoms. The van der Waals surface area contributed by atoms with Crippen molar-refractivity contribution in [1.82, 2.24) is 0 Å². The van der Waals surface area contributed by atoms with Crippen LogP contribution in [0.3, 0.4) is 0 Å². The van der Waals surface area contributed by atoms with E-state index in [1.54, 1.807) is 0 Å². The highest BCUT2D eigenvalue weighted by Crippen LogP contribution is 2.41. The average Bonchev–Trinajstić information content (AvgIpc) is 2.24. The fourth-order valence-corrected chi connectivity index (χ4v) is 1.41. The molecule has 3 N–H and O–H groups in total. The fraction of sp³-hybridized carbons (Fsp3) is 0.714. The van der Waals surface area contributed by atoms with Crippen molar-refractivity contribution in [1.29, 1.82) is 0 Å². The van der Waals surface area contributed by atoms with Crippen LogP contribution in [0.2, 0.25) is 0 Å². The zero-order valence-electron chi connectivity index (χ0n) is 7.23. The van der Waals surface area contributed by atoms with E-state index < -0.39 is 35.9 Å². The third-order valence-electron chi connectivity index (χ3n) is 2.11. The molecule has 0 bridgehead atoms. The van der Waals surface area contributed by atoms with Gasteiger partial charge in [-0.05, 0) is 6.92 Å². The smallest absolute Gasteiger partial charge is 0.368 e. The standard InChI is InChI=1S/C7H9FO6/c1-3-2-6(8,4(9)10)7(13,14-3)5(11)12/h3,13H,2H2,1H3,(H,9,10)(H,11,12)/t3?,6-,7?/m0/s1. The van der Waals surface area contributed by atoms with Gasteiger partial charge in [-0.1, -0.05) is 0 Å². The van der Waals surface area contributed by atoms with Crippen LogP contribution in [0.5, 0.6) is 0 Å². The van der Waals surface area contributed by atoms with Crippen LogP contribution in [0.25, 0.3) is 0 Å². The Bertz CT molecular complexity index is 264. The van der Waals surface area contributed by atoms with Crippen LogP contribution in [-0.4, -0.2) is 44.8 Å². The van der Waals surface area contributed by atoms with Crippen molar-refractivity contribution in [3.05, 3.63) is 0 Å². The van der Waals surface area contributed by atoms with Crippen molar-refractivity contribution < 1.29 is 34.0 Å². The molecule has 1 aliphatic rings. The number of alkyl halides is 1. The normalized spacial score (nSPS) is 42.4. The number of hydrogen-bond acceptors (Lipinski definition) is 4. The fourth-order valence-electron chi connectivity index (χ4n) is 1.41. The molecule has 0 aromatic rings. The Labute approximate surface area is 77.9 Å². The van der Waals surface area contributed by atoms with Gasteiger partial charge in [0.05, 0.1) is 6.10 Å². The van der Waals surface area contributed by atoms with Crippen LogP contribution in [0.1, 0.15) is 13.3 Å². The van der Waals surface area contributed by atoms with Gasteiger partial charge in [0.1, 0.15) is 0 Å². The van der Waals surface area contributed by atoms with Gasteiger partial charge in [-0.25, -0.2) is 14.0 Å². The molecule has 7 heteroatoms. The first-order valence-electron chi connectivity index (χ1n) is 3.80. The highest BCUT2D eigenvalue weighted by molar-refractivity contribution is 5.90. The highest BCUT2D eigenvalue weighted by Gasteiger charge is 2.69. The van der Waals surface area contributed by atoms with Gasteiger partial charge in [-0.2, -0.15) is 0 Å². The van der Waals surface area contributed by atoms with Gasteiger partial charge < -0.3 is 20.1 Å². The number of halogens is 1. The Morgan fingerprint density at radius 3 is 2.21 bits per heavy atom. The van der Waals surface area contributed by atoms with Gasteiger partial charge in [0.15, 0.2) is 0 Å². The van der Waals surface area contributed by atoms with E-state index in [9.17, 15) is 19.1 Å². The first kappa shape index (κ1) is 10.9. The van der Waals surface area contributed by atoms with E-state index in [4.69, 9.17) is 10.2 Å². The van der Waals surface area contributed by atoms with Crippen molar-refractivity contribution >= 4 is 11.9 Å². The highest BCUT2D eigenvalue weighted by atomic mass is 19.1. The molecule has 0 aromatic carbocycles. The Balaban J connectivity index is 3.17. The van der Waals surface area contributed by atoms with Crippen LogP contribution in [0.4, 0.5) is 4.39 Å². The second-order valence-corrected chi connectivity index (χ2v) is 3.19. The van der Waals surface area contributed by atoms with Crippen LogP contribution >= 0.6 is 0 Å². The minimum Gasteiger partial charge on any atom is -0.479 e. The lowest BCUT2D eigenvalue weighted by Crippen LogP contribution is -2.58. The summed E-state index contributed by atoms with van der Waals surface area (Å²) in [6, 6.07) is 0. The summed E-state index contributed by atoms with van der Waals surface area (Å²) in [6.45, 7) is 1.28. The minimum atomic E-state index is -3.31. The molecule has 1 heterocycles. The molecule has 0 amide bonds. The van der Waals surface area contributed by atoms with Crippen LogP contribution in [0.15, 0.2) is 0 Å². The summed E-state index contributed by atoms with van der Waals surface area (Å²) in [4.78, 5) is 21.0. The molecular weight excluding hydrogens is 199 g/mol. The Kier molecular flexibility index (Phi) is 2.24. The summed E-state index contributed by atoms with van der Waals surface area (Å²) in [6.07, 6.45) is -1.68. The van der Waals surface area contributed by atoms with Gasteiger partial charge >= 0.3 is 17.7 Å². The maximum Gasteiger partial charge on any atom is 0.368 e. The molecule has 1 rings (SSSR count). The Hall–Kier alpha value is -1.21. The van der Waals surface area contributed by atoms with Crippen molar-refractivity contribution in [2.24, 2.45) is 0 Å². The number of hydrogen-bond donors (Lipinski definition) is 3. The number of carboxylic acid groups (broad SMARTS) is 2. The number of rotatable bonds is 2. The molecular formula is C7H9FO6. The number of aliphatic hydroxyl groups is 1. The maximum atomic E-state index is 13.6. The molecule has 0 aliphatic carbocycles. The first-order valence-corrected chi connectivity index (χ1v) is 3.80. The van der Waals surface area contributed by atoms with Gasteiger partial charge in [0.2, 0.25) is 0 Å². The predicted octanol–water partition coefficient (Wildman–Crippen LogP) is -0.639. The SMILES string of the molecule is CC1C[C@](F)(C(=O)O)C(O)(C(=O)O)O1. The van der Waals surface area contributed by atoms with E-state index in [2.05, 4.69) is 4.74 Å². The Morgan fingerprint density at radius 1 is 1.43 bits per heavy atom. The average molecular weight is 208 g/mol. The molecule has 1 fully saturated rings. The van der Waals surface area contributed by atoms with Crippen molar-refractivity contribution in [3.63, 3.8) is 0 Å². The summed E-state index contributed by atoms with van der Waals surface area (Å²) in [5, 5.41) is 26.2. The molecule has 1 aliphatic heterocycles. The largest absolute Gasteiger partial charge is 0.479 e. The predicted molar refractivity (Wildman–Crippen MR) is 39.2 cm³/mol. The molecule has 3 atom stereocenters. The first-order chi connectivity index (χ1) is 6.24. The summed E-state index contributed by atoms with van der Waals surface area (Å²) in [5.41, 5.74) is -3.31. The quantitative estimate of drug-likeness (QED) is 0.557. The van der Waals surface area contributed by atoms with E-state index in [0.29, 0.717) is 0 Å². The van der Waals surface area contributed by atoms with Gasteiger partial charge in [0, 0.05) is 6.42 Å². The third kappa shape index (κ3) is 1.17. The summed E-state index contributed by atoms with van der Waals surface area (Å²) in [7, 11) is 0. The van der Waals surface area contributed by atoms with Crippen molar-refractivity contribution in [3.8, 4) is 0 Å². The summed E-state index contributed by atoms with van der Waals surface area (Å²) >= 11 is 0. The second-order valence-electron chi connectivity index (χ2n) is 3.19. The van der Waals surface area contributed by atoms with Crippen LogP contribution in [-0.2, 0) is 14.3 Å². The van der Waals surface area contributed by atoms with Crippen LogP contribution < -0.4 is 0 Å². The number of carbonyl (C=O) groups is 2. The second kappa shape index (κ2) is 2.89. The summed E-state index contributed by atoms with van der Waals surface area (Å²) < 4.78 is 18.0. The third-order valence-corrected chi connectivity index (χ3v) is 2.11. The zero-order valence-corrected chi connectivity index (χ0v) is 7.23. The monoisotopic (exact) mass is 208 g/mol. The van der Waals surface area contributed by atoms with Crippen LogP contribution in [0, 0.1) is 0 Å². The lowest BCUT2D eigenvalue weighted by Gasteiger charge is -2.26. The zero-order chi connectivity index (χ0) is 11.1. The topological polar surface area (TPSA) is 104 Å². The molecule has 0 radical (unpaired) electrons. The molecule has 6 nitrogen and oxygen atoms in total. The number of aliphatic carboxylic acids is 2. The molecule has 2 unspecified atom stereocenters. The molecule has 80 valence electrons. The van der Waals surface area contributed by atoms with E-state index >= 15 is 0 Å².